The monoisotopic (exact) mass is 440 g/mol. The molecule has 124 valence electrons. The fourth-order valence-electron chi connectivity index (χ4n) is 1.20. The zero-order valence-electron chi connectivity index (χ0n) is 11.8. The summed E-state index contributed by atoms with van der Waals surface area (Å²) in [6, 6.07) is 3.74. The van der Waals surface area contributed by atoms with Crippen molar-refractivity contribution in [3.05, 3.63) is 39.5 Å². The summed E-state index contributed by atoms with van der Waals surface area (Å²) in [5, 5.41) is 8.24. The summed E-state index contributed by atoms with van der Waals surface area (Å²) < 4.78 is 35.3. The normalized spacial score (nSPS) is 10.8. The van der Waals surface area contributed by atoms with E-state index in [4.69, 9.17) is 9.84 Å². The highest BCUT2D eigenvalue weighted by Gasteiger charge is 2.40. The highest BCUT2D eigenvalue weighted by atomic mass is 127. The first-order valence-electron chi connectivity index (χ1n) is 6.00. The number of aliphatic carboxylic acids is 1. The van der Waals surface area contributed by atoms with Crippen LogP contribution in [0, 0.1) is 3.57 Å². The molecule has 1 N–H and O–H groups in total. The molecule has 0 radical (unpaired) electrons. The number of carbonyl (C=O) groups excluding carboxylic acids is 2. The van der Waals surface area contributed by atoms with Crippen molar-refractivity contribution in [2.75, 3.05) is 6.61 Å². The molecule has 0 aromatic heterocycles. The van der Waals surface area contributed by atoms with Crippen molar-refractivity contribution in [3.8, 4) is 5.75 Å². The Hall–Kier alpha value is -2.04. The minimum Gasteiger partial charge on any atom is -0.477 e. The maximum atomic E-state index is 12.8. The van der Waals surface area contributed by atoms with Crippen LogP contribution >= 0.6 is 22.6 Å². The third-order valence-electron chi connectivity index (χ3n) is 2.42. The second-order valence-electron chi connectivity index (χ2n) is 4.40. The van der Waals surface area contributed by atoms with Crippen molar-refractivity contribution < 1.29 is 37.7 Å². The van der Waals surface area contributed by atoms with Crippen LogP contribution in [-0.2, 0) is 14.3 Å². The molecular formula is C14H11F2IO6. The predicted molar refractivity (Wildman–Crippen MR) is 82.5 cm³/mol. The van der Waals surface area contributed by atoms with Crippen LogP contribution in [0.5, 0.6) is 5.75 Å². The van der Waals surface area contributed by atoms with E-state index >= 15 is 0 Å². The SMILES string of the molecule is C=C(C)C(=O)Oc1ccc(C(=O)OCC(F)(F)C(=O)O)cc1I. The van der Waals surface area contributed by atoms with Gasteiger partial charge in [0, 0.05) is 5.57 Å². The number of rotatable bonds is 6. The molecule has 0 saturated carbocycles. The third kappa shape index (κ3) is 5.27. The highest BCUT2D eigenvalue weighted by molar-refractivity contribution is 14.1. The van der Waals surface area contributed by atoms with Gasteiger partial charge in [-0.15, -0.1) is 0 Å². The van der Waals surface area contributed by atoms with Crippen LogP contribution < -0.4 is 4.74 Å². The molecular weight excluding hydrogens is 429 g/mol. The van der Waals surface area contributed by atoms with Gasteiger partial charge < -0.3 is 14.6 Å². The molecule has 23 heavy (non-hydrogen) atoms. The molecule has 0 saturated heterocycles. The Labute approximate surface area is 143 Å². The van der Waals surface area contributed by atoms with E-state index in [1.807, 2.05) is 0 Å². The molecule has 0 heterocycles. The Morgan fingerprint density at radius 1 is 1.35 bits per heavy atom. The predicted octanol–water partition coefficient (Wildman–Crippen LogP) is 2.65. The molecule has 9 heteroatoms. The van der Waals surface area contributed by atoms with Crippen molar-refractivity contribution in [1.82, 2.24) is 0 Å². The van der Waals surface area contributed by atoms with Gasteiger partial charge in [0.1, 0.15) is 5.75 Å². The van der Waals surface area contributed by atoms with Crippen LogP contribution in [-0.4, -0.2) is 35.5 Å². The minimum absolute atomic E-state index is 0.0919. The summed E-state index contributed by atoms with van der Waals surface area (Å²) in [5.41, 5.74) is 0.0888. The third-order valence-corrected chi connectivity index (χ3v) is 3.26. The first-order valence-corrected chi connectivity index (χ1v) is 7.08. The summed E-state index contributed by atoms with van der Waals surface area (Å²) in [6.07, 6.45) is 0. The van der Waals surface area contributed by atoms with Gasteiger partial charge in [-0.3, -0.25) is 0 Å². The molecule has 0 bridgehead atoms. The highest BCUT2D eigenvalue weighted by Crippen LogP contribution is 2.24. The molecule has 6 nitrogen and oxygen atoms in total. The summed E-state index contributed by atoms with van der Waals surface area (Å²) >= 11 is 1.77. The number of carboxylic acids is 1. The zero-order valence-corrected chi connectivity index (χ0v) is 13.9. The van der Waals surface area contributed by atoms with E-state index in [1.54, 1.807) is 22.6 Å². The van der Waals surface area contributed by atoms with Crippen molar-refractivity contribution in [3.63, 3.8) is 0 Å². The van der Waals surface area contributed by atoms with Crippen LogP contribution in [0.15, 0.2) is 30.4 Å². The molecule has 0 amide bonds. The average Bonchev–Trinajstić information content (AvgIpc) is 2.46. The first kappa shape index (κ1) is 19.0. The number of alkyl halides is 2. The molecule has 0 unspecified atom stereocenters. The number of carbonyl (C=O) groups is 3. The Bertz CT molecular complexity index is 671. The van der Waals surface area contributed by atoms with Crippen molar-refractivity contribution in [1.29, 1.82) is 0 Å². The summed E-state index contributed by atoms with van der Waals surface area (Å²) in [7, 11) is 0. The second kappa shape index (κ2) is 7.49. The first-order chi connectivity index (χ1) is 10.5. The van der Waals surface area contributed by atoms with Crippen LogP contribution in [0.2, 0.25) is 0 Å². The maximum absolute atomic E-state index is 12.8. The second-order valence-corrected chi connectivity index (χ2v) is 5.56. The van der Waals surface area contributed by atoms with Gasteiger partial charge in [0.25, 0.3) is 0 Å². The summed E-state index contributed by atoms with van der Waals surface area (Å²) in [6.45, 7) is 3.30. The lowest BCUT2D eigenvalue weighted by atomic mass is 10.2. The lowest BCUT2D eigenvalue weighted by molar-refractivity contribution is -0.170. The van der Waals surface area contributed by atoms with Gasteiger partial charge in [0.05, 0.1) is 9.13 Å². The standard InChI is InChI=1S/C14H11F2IO6/c1-7(2)11(18)23-10-4-3-8(5-9(10)17)12(19)22-6-14(15,16)13(20)21/h3-5H,1,6H2,2H3,(H,20,21). The number of benzene rings is 1. The van der Waals surface area contributed by atoms with Gasteiger partial charge in [-0.2, -0.15) is 8.78 Å². The van der Waals surface area contributed by atoms with E-state index in [9.17, 15) is 23.2 Å². The van der Waals surface area contributed by atoms with Gasteiger partial charge in [0.15, 0.2) is 6.61 Å². The van der Waals surface area contributed by atoms with Crippen molar-refractivity contribution in [2.45, 2.75) is 12.8 Å². The molecule has 0 aliphatic carbocycles. The number of hydrogen-bond donors (Lipinski definition) is 1. The van der Waals surface area contributed by atoms with E-state index in [2.05, 4.69) is 11.3 Å². The number of carboxylic acid groups (broad SMARTS) is 1. The fraction of sp³-hybridized carbons (Fsp3) is 0.214. The van der Waals surface area contributed by atoms with Gasteiger partial charge in [0.2, 0.25) is 0 Å². The van der Waals surface area contributed by atoms with Crippen molar-refractivity contribution in [2.24, 2.45) is 0 Å². The molecule has 0 aliphatic heterocycles. The molecule has 0 atom stereocenters. The largest absolute Gasteiger partial charge is 0.477 e. The number of halogens is 3. The average molecular weight is 440 g/mol. The molecule has 0 aliphatic rings. The van der Waals surface area contributed by atoms with E-state index in [-0.39, 0.29) is 16.9 Å². The maximum Gasteiger partial charge on any atom is 0.378 e. The molecule has 1 aromatic carbocycles. The Morgan fingerprint density at radius 3 is 2.43 bits per heavy atom. The van der Waals surface area contributed by atoms with E-state index in [0.717, 1.165) is 0 Å². The van der Waals surface area contributed by atoms with E-state index < -0.39 is 30.4 Å². The van der Waals surface area contributed by atoms with Crippen LogP contribution in [0.1, 0.15) is 17.3 Å². The van der Waals surface area contributed by atoms with Gasteiger partial charge in [-0.05, 0) is 47.7 Å². The summed E-state index contributed by atoms with van der Waals surface area (Å²) in [4.78, 5) is 33.3. The van der Waals surface area contributed by atoms with Crippen LogP contribution in [0.3, 0.4) is 0 Å². The molecule has 1 rings (SSSR count). The van der Waals surface area contributed by atoms with E-state index in [0.29, 0.717) is 3.57 Å². The fourth-order valence-corrected chi connectivity index (χ4v) is 1.82. The summed E-state index contributed by atoms with van der Waals surface area (Å²) in [5.74, 6) is -8.17. The number of esters is 2. The van der Waals surface area contributed by atoms with Crippen LogP contribution in [0.4, 0.5) is 8.78 Å². The van der Waals surface area contributed by atoms with Crippen LogP contribution in [0.25, 0.3) is 0 Å². The lowest BCUT2D eigenvalue weighted by Crippen LogP contribution is -2.34. The van der Waals surface area contributed by atoms with Gasteiger partial charge in [-0.1, -0.05) is 6.58 Å². The minimum atomic E-state index is -4.17. The Morgan fingerprint density at radius 2 is 1.96 bits per heavy atom. The molecule has 0 fully saturated rings. The van der Waals surface area contributed by atoms with Gasteiger partial charge >= 0.3 is 23.8 Å². The quantitative estimate of drug-likeness (QED) is 0.317. The number of ether oxygens (including phenoxy) is 2. The zero-order chi connectivity index (χ0) is 17.8. The Kier molecular flexibility index (Phi) is 6.19. The molecule has 0 spiro atoms. The topological polar surface area (TPSA) is 89.9 Å². The van der Waals surface area contributed by atoms with E-state index in [1.165, 1.54) is 25.1 Å². The van der Waals surface area contributed by atoms with Crippen molar-refractivity contribution >= 4 is 40.5 Å². The van der Waals surface area contributed by atoms with Gasteiger partial charge in [-0.25, -0.2) is 14.4 Å². The smallest absolute Gasteiger partial charge is 0.378 e. The Balaban J connectivity index is 2.81. The molecule has 1 aromatic rings. The number of hydrogen-bond acceptors (Lipinski definition) is 5. The lowest BCUT2D eigenvalue weighted by Gasteiger charge is -2.12.